The van der Waals surface area contributed by atoms with Crippen LogP contribution in [0.3, 0.4) is 0 Å². The van der Waals surface area contributed by atoms with Crippen molar-refractivity contribution in [2.45, 2.75) is 0 Å². The summed E-state index contributed by atoms with van der Waals surface area (Å²) >= 11 is 0. The van der Waals surface area contributed by atoms with E-state index in [1.807, 2.05) is 0 Å². The largest absolute Gasteiger partial charge is 0.494 e. The molecular formula is C18H14FNO6. The molecule has 0 bridgehead atoms. The summed E-state index contributed by atoms with van der Waals surface area (Å²) in [6.45, 7) is -0.546. The lowest BCUT2D eigenvalue weighted by atomic mass is 10.1. The number of halogens is 1. The highest BCUT2D eigenvalue weighted by Crippen LogP contribution is 2.18. The number of hydrogen-bond acceptors (Lipinski definition) is 6. The van der Waals surface area contributed by atoms with E-state index in [4.69, 9.17) is 9.47 Å². The summed E-state index contributed by atoms with van der Waals surface area (Å²) < 4.78 is 23.1. The molecule has 0 fully saturated rings. The maximum atomic E-state index is 13.6. The molecule has 0 saturated carbocycles. The molecule has 0 aliphatic rings. The van der Waals surface area contributed by atoms with Crippen LogP contribution in [0.5, 0.6) is 5.75 Å². The van der Waals surface area contributed by atoms with Gasteiger partial charge in [-0.1, -0.05) is 0 Å². The molecule has 0 aromatic heterocycles. The lowest BCUT2D eigenvalue weighted by Crippen LogP contribution is -2.12. The summed E-state index contributed by atoms with van der Waals surface area (Å²) in [5, 5.41) is 10.6. The molecule has 26 heavy (non-hydrogen) atoms. The molecule has 2 aromatic rings. The molecule has 0 unspecified atom stereocenters. The van der Waals surface area contributed by atoms with E-state index in [-0.39, 0.29) is 17.0 Å². The highest BCUT2D eigenvalue weighted by Gasteiger charge is 2.12. The number of carbonyl (C=O) groups is 2. The molecule has 0 amide bonds. The second kappa shape index (κ2) is 8.52. The minimum atomic E-state index is -0.773. The Bertz CT molecular complexity index is 860. The number of ketones is 1. The molecule has 0 spiro atoms. The van der Waals surface area contributed by atoms with Crippen LogP contribution in [-0.4, -0.2) is 30.4 Å². The number of nitro benzene ring substituents is 1. The SMILES string of the molecule is COc1ccc(C(=O)COC(=O)/C=C/c2ccc([N+](=O)[O-])cc2)cc1F. The van der Waals surface area contributed by atoms with Crippen molar-refractivity contribution in [3.05, 3.63) is 75.6 Å². The Kier molecular flexibility index (Phi) is 6.15. The van der Waals surface area contributed by atoms with Crippen LogP contribution in [-0.2, 0) is 9.53 Å². The number of rotatable bonds is 7. The van der Waals surface area contributed by atoms with E-state index >= 15 is 0 Å². The van der Waals surface area contributed by atoms with Crippen molar-refractivity contribution >= 4 is 23.5 Å². The number of Topliss-reactive ketones (excluding diaryl/α,β-unsaturated/α-hetero) is 1. The van der Waals surface area contributed by atoms with Gasteiger partial charge in [-0.05, 0) is 42.0 Å². The summed E-state index contributed by atoms with van der Waals surface area (Å²) in [5.74, 6) is -2.03. The Labute approximate surface area is 147 Å². The first-order valence-corrected chi connectivity index (χ1v) is 7.36. The summed E-state index contributed by atoms with van der Waals surface area (Å²) in [6, 6.07) is 9.20. The van der Waals surface area contributed by atoms with Crippen LogP contribution in [0.1, 0.15) is 15.9 Å². The molecule has 0 atom stereocenters. The molecule has 0 aliphatic heterocycles. The van der Waals surface area contributed by atoms with Crippen molar-refractivity contribution in [2.24, 2.45) is 0 Å². The Morgan fingerprint density at radius 3 is 2.46 bits per heavy atom. The van der Waals surface area contributed by atoms with Crippen molar-refractivity contribution in [2.75, 3.05) is 13.7 Å². The fraction of sp³-hybridized carbons (Fsp3) is 0.111. The molecule has 0 radical (unpaired) electrons. The van der Waals surface area contributed by atoms with Crippen LogP contribution < -0.4 is 4.74 Å². The number of methoxy groups -OCH3 is 1. The smallest absolute Gasteiger partial charge is 0.331 e. The lowest BCUT2D eigenvalue weighted by molar-refractivity contribution is -0.384. The van der Waals surface area contributed by atoms with Gasteiger partial charge in [0.05, 0.1) is 12.0 Å². The number of hydrogen-bond donors (Lipinski definition) is 0. The molecule has 0 saturated heterocycles. The van der Waals surface area contributed by atoms with Crippen molar-refractivity contribution in [3.8, 4) is 5.75 Å². The third-order valence-electron chi connectivity index (χ3n) is 3.34. The molecular weight excluding hydrogens is 345 g/mol. The Balaban J connectivity index is 1.90. The van der Waals surface area contributed by atoms with E-state index in [1.54, 1.807) is 0 Å². The van der Waals surface area contributed by atoms with Crippen molar-refractivity contribution in [1.29, 1.82) is 0 Å². The zero-order chi connectivity index (χ0) is 19.1. The molecule has 2 aromatic carbocycles. The van der Waals surface area contributed by atoms with Gasteiger partial charge in [0, 0.05) is 23.8 Å². The van der Waals surface area contributed by atoms with Gasteiger partial charge in [-0.2, -0.15) is 0 Å². The maximum Gasteiger partial charge on any atom is 0.331 e. The van der Waals surface area contributed by atoms with E-state index in [9.17, 15) is 24.1 Å². The predicted molar refractivity (Wildman–Crippen MR) is 90.4 cm³/mol. The lowest BCUT2D eigenvalue weighted by Gasteiger charge is -2.05. The first kappa shape index (κ1) is 18.8. The van der Waals surface area contributed by atoms with E-state index in [0.29, 0.717) is 5.56 Å². The number of nitrogens with zero attached hydrogens (tertiary/aromatic N) is 1. The first-order valence-electron chi connectivity index (χ1n) is 7.36. The molecule has 134 valence electrons. The van der Waals surface area contributed by atoms with Gasteiger partial charge in [0.15, 0.2) is 24.0 Å². The van der Waals surface area contributed by atoms with Crippen molar-refractivity contribution in [3.63, 3.8) is 0 Å². The third kappa shape index (κ3) is 4.97. The summed E-state index contributed by atoms with van der Waals surface area (Å²) in [4.78, 5) is 33.6. The maximum absolute atomic E-state index is 13.6. The molecule has 8 heteroatoms. The predicted octanol–water partition coefficient (Wildman–Crippen LogP) is 3.18. The molecule has 0 aliphatic carbocycles. The second-order valence-corrected chi connectivity index (χ2v) is 5.06. The van der Waals surface area contributed by atoms with E-state index in [1.165, 1.54) is 49.6 Å². The number of benzene rings is 2. The van der Waals surface area contributed by atoms with Gasteiger partial charge in [0.1, 0.15) is 0 Å². The Morgan fingerprint density at radius 1 is 1.19 bits per heavy atom. The fourth-order valence-electron chi connectivity index (χ4n) is 1.98. The van der Waals surface area contributed by atoms with Gasteiger partial charge in [-0.15, -0.1) is 0 Å². The average Bonchev–Trinajstić information content (AvgIpc) is 2.64. The van der Waals surface area contributed by atoms with Gasteiger partial charge < -0.3 is 9.47 Å². The van der Waals surface area contributed by atoms with Gasteiger partial charge in [-0.25, -0.2) is 9.18 Å². The zero-order valence-corrected chi connectivity index (χ0v) is 13.7. The highest BCUT2D eigenvalue weighted by molar-refractivity contribution is 5.99. The Morgan fingerprint density at radius 2 is 1.88 bits per heavy atom. The number of nitro groups is 1. The summed E-state index contributed by atoms with van der Waals surface area (Å²) in [6.07, 6.45) is 2.48. The number of ether oxygens (including phenoxy) is 2. The van der Waals surface area contributed by atoms with Crippen LogP contribution in [0, 0.1) is 15.9 Å². The quantitative estimate of drug-likeness (QED) is 0.248. The molecule has 7 nitrogen and oxygen atoms in total. The van der Waals surface area contributed by atoms with E-state index in [2.05, 4.69) is 0 Å². The number of non-ortho nitro benzene ring substituents is 1. The van der Waals surface area contributed by atoms with E-state index < -0.39 is 29.1 Å². The van der Waals surface area contributed by atoms with Crippen molar-refractivity contribution < 1.29 is 28.4 Å². The van der Waals surface area contributed by atoms with Crippen LogP contribution in [0.4, 0.5) is 10.1 Å². The molecule has 0 heterocycles. The molecule has 0 N–H and O–H groups in total. The minimum absolute atomic E-state index is 0.00424. The van der Waals surface area contributed by atoms with Gasteiger partial charge >= 0.3 is 5.97 Å². The normalized spacial score (nSPS) is 10.5. The van der Waals surface area contributed by atoms with Crippen molar-refractivity contribution in [1.82, 2.24) is 0 Å². The number of esters is 1. The standard InChI is InChI=1S/C18H14FNO6/c1-25-17-8-5-13(10-15(17)19)16(21)11-26-18(22)9-4-12-2-6-14(7-3-12)20(23)24/h2-10H,11H2,1H3/b9-4+. The topological polar surface area (TPSA) is 95.7 Å². The monoisotopic (exact) mass is 359 g/mol. The van der Waals surface area contributed by atoms with Gasteiger partial charge in [-0.3, -0.25) is 14.9 Å². The van der Waals surface area contributed by atoms with Gasteiger partial charge in [0.25, 0.3) is 5.69 Å². The highest BCUT2D eigenvalue weighted by atomic mass is 19.1. The first-order chi connectivity index (χ1) is 12.4. The third-order valence-corrected chi connectivity index (χ3v) is 3.34. The van der Waals surface area contributed by atoms with Crippen LogP contribution in [0.25, 0.3) is 6.08 Å². The average molecular weight is 359 g/mol. The Hall–Kier alpha value is -3.55. The van der Waals surface area contributed by atoms with Crippen LogP contribution in [0.15, 0.2) is 48.5 Å². The zero-order valence-electron chi connectivity index (χ0n) is 13.7. The fourth-order valence-corrected chi connectivity index (χ4v) is 1.98. The number of carbonyl (C=O) groups excluding carboxylic acids is 2. The van der Waals surface area contributed by atoms with Crippen LogP contribution >= 0.6 is 0 Å². The summed E-state index contributed by atoms with van der Waals surface area (Å²) in [5.41, 5.74) is 0.536. The summed E-state index contributed by atoms with van der Waals surface area (Å²) in [7, 11) is 1.30. The minimum Gasteiger partial charge on any atom is -0.494 e. The van der Waals surface area contributed by atoms with E-state index in [0.717, 1.165) is 12.1 Å². The van der Waals surface area contributed by atoms with Crippen LogP contribution in [0.2, 0.25) is 0 Å². The second-order valence-electron chi connectivity index (χ2n) is 5.06. The molecule has 2 rings (SSSR count). The van der Waals surface area contributed by atoms with Gasteiger partial charge in [0.2, 0.25) is 0 Å².